The number of benzene rings is 3. The Morgan fingerprint density at radius 3 is 2.59 bits per heavy atom. The van der Waals surface area contributed by atoms with Gasteiger partial charge in [-0.2, -0.15) is 9.78 Å². The van der Waals surface area contributed by atoms with Gasteiger partial charge in [0.05, 0.1) is 35.4 Å². The summed E-state index contributed by atoms with van der Waals surface area (Å²) in [5.74, 6) is 3.37. The van der Waals surface area contributed by atoms with Crippen LogP contribution >= 0.6 is 11.6 Å². The highest BCUT2D eigenvalue weighted by Crippen LogP contribution is 2.48. The smallest absolute Gasteiger partial charge is 0.179 e. The summed E-state index contributed by atoms with van der Waals surface area (Å²) in [5, 5.41) is 9.12. The molecule has 0 aliphatic carbocycles. The van der Waals surface area contributed by atoms with E-state index in [1.807, 2.05) is 92.7 Å². The Labute approximate surface area is 242 Å². The summed E-state index contributed by atoms with van der Waals surface area (Å²) >= 11 is 6.56. The molecule has 0 spiro atoms. The van der Waals surface area contributed by atoms with E-state index in [-0.39, 0.29) is 6.04 Å². The van der Waals surface area contributed by atoms with Gasteiger partial charge in [0.2, 0.25) is 0 Å². The Hall–Kier alpha value is -4.95. The number of pyridine rings is 1. The van der Waals surface area contributed by atoms with Gasteiger partial charge in [0.15, 0.2) is 23.3 Å². The van der Waals surface area contributed by atoms with Gasteiger partial charge in [0.25, 0.3) is 0 Å². The second-order valence-corrected chi connectivity index (χ2v) is 10.1. The quantitative estimate of drug-likeness (QED) is 0.242. The molecule has 0 saturated heterocycles. The van der Waals surface area contributed by atoms with E-state index in [0.29, 0.717) is 34.9 Å². The van der Waals surface area contributed by atoms with Crippen molar-refractivity contribution in [1.29, 1.82) is 0 Å². The Morgan fingerprint density at radius 2 is 1.76 bits per heavy atom. The second kappa shape index (κ2) is 10.2. The van der Waals surface area contributed by atoms with Crippen LogP contribution in [0.2, 0.25) is 5.02 Å². The molecule has 0 saturated carbocycles. The van der Waals surface area contributed by atoms with Gasteiger partial charge in [-0.15, -0.1) is 0 Å². The molecule has 1 N–H and O–H groups in total. The fourth-order valence-corrected chi connectivity index (χ4v) is 5.61. The fourth-order valence-electron chi connectivity index (χ4n) is 5.41. The van der Waals surface area contributed by atoms with E-state index in [1.165, 1.54) is 0 Å². The molecule has 2 aliphatic rings. The number of rotatable bonds is 5. The molecule has 0 radical (unpaired) electrons. The molecule has 2 aliphatic heterocycles. The minimum atomic E-state index is -0.274. The van der Waals surface area contributed by atoms with Crippen molar-refractivity contribution in [3.05, 3.63) is 119 Å². The summed E-state index contributed by atoms with van der Waals surface area (Å²) < 4.78 is 7.72. The number of hydrogen-bond donors (Lipinski definition) is 1. The molecule has 1 unspecified atom stereocenters. The van der Waals surface area contributed by atoms with E-state index < -0.39 is 0 Å². The van der Waals surface area contributed by atoms with Crippen LogP contribution in [0, 0.1) is 6.92 Å². The maximum absolute atomic E-state index is 6.56. The number of nitrogens with zero attached hydrogens (tertiary/aromatic N) is 6. The molecule has 1 atom stereocenters. The van der Waals surface area contributed by atoms with E-state index in [0.717, 1.165) is 39.6 Å². The lowest BCUT2D eigenvalue weighted by Crippen LogP contribution is -2.46. The molecule has 3 aromatic carbocycles. The number of nitrogens with one attached hydrogen (secondary N) is 1. The number of para-hydroxylation sites is 4. The van der Waals surface area contributed by atoms with E-state index in [4.69, 9.17) is 31.4 Å². The number of anilines is 2. The van der Waals surface area contributed by atoms with Crippen LogP contribution in [0.3, 0.4) is 0 Å². The summed E-state index contributed by atoms with van der Waals surface area (Å²) in [6.07, 6.45) is 1.76. The van der Waals surface area contributed by atoms with Gasteiger partial charge in [0.1, 0.15) is 5.75 Å². The molecule has 9 heteroatoms. The predicted molar refractivity (Wildman–Crippen MR) is 164 cm³/mol. The maximum atomic E-state index is 6.56. The number of hydrogen-bond acceptors (Lipinski definition) is 7. The van der Waals surface area contributed by atoms with Gasteiger partial charge < -0.3 is 15.0 Å². The lowest BCUT2D eigenvalue weighted by Gasteiger charge is -2.40. The van der Waals surface area contributed by atoms with Crippen LogP contribution in [0.5, 0.6) is 5.75 Å². The first-order chi connectivity index (χ1) is 20.1. The first-order valence-corrected chi connectivity index (χ1v) is 13.8. The van der Waals surface area contributed by atoms with E-state index >= 15 is 0 Å². The summed E-state index contributed by atoms with van der Waals surface area (Å²) in [7, 11) is 0. The van der Waals surface area contributed by atoms with E-state index in [2.05, 4.69) is 27.3 Å². The third kappa shape index (κ3) is 4.33. The van der Waals surface area contributed by atoms with Crippen LogP contribution in [-0.4, -0.2) is 33.0 Å². The van der Waals surface area contributed by atoms with Gasteiger partial charge >= 0.3 is 0 Å². The standard InChI is InChI=1S/C32H26ClN7O/c1-3-41-26-16-7-5-14-24(26)36-30-32-37-31-28(20(2)38-40(31)27-17-8-9-18-34-27)29(21-11-10-12-22(33)19-21)39(32)25-15-6-4-13-23(25)35-30/h4-19,29H,3H2,1-2H3,(H,35,36). The number of aryl methyl sites for hydroxylation is 1. The minimum Gasteiger partial charge on any atom is -0.492 e. The van der Waals surface area contributed by atoms with Crippen molar-refractivity contribution >= 4 is 46.2 Å². The van der Waals surface area contributed by atoms with E-state index in [1.54, 1.807) is 10.9 Å². The Bertz CT molecular complexity index is 1830. The topological polar surface area (TPSA) is 79.9 Å². The second-order valence-electron chi connectivity index (χ2n) is 9.69. The maximum Gasteiger partial charge on any atom is 0.179 e. The average molecular weight is 560 g/mol. The number of aliphatic imine (C=N–C) groups is 2. The summed E-state index contributed by atoms with van der Waals surface area (Å²) in [6, 6.07) is 29.4. The van der Waals surface area contributed by atoms with Crippen LogP contribution in [0.1, 0.15) is 29.8 Å². The number of fused-ring (bicyclic) bond motifs is 4. The van der Waals surface area contributed by atoms with Crippen molar-refractivity contribution in [2.75, 3.05) is 16.8 Å². The van der Waals surface area contributed by atoms with Crippen LogP contribution in [-0.2, 0) is 0 Å². The van der Waals surface area contributed by atoms with Crippen molar-refractivity contribution in [3.8, 4) is 11.6 Å². The highest BCUT2D eigenvalue weighted by atomic mass is 35.5. The normalized spacial score (nSPS) is 15.3. The van der Waals surface area contributed by atoms with Gasteiger partial charge in [-0.05, 0) is 67.9 Å². The van der Waals surface area contributed by atoms with Crippen LogP contribution < -0.4 is 15.0 Å². The zero-order valence-corrected chi connectivity index (χ0v) is 23.2. The van der Waals surface area contributed by atoms with Gasteiger partial charge in [-0.1, -0.05) is 54.1 Å². The number of halogens is 1. The molecule has 202 valence electrons. The predicted octanol–water partition coefficient (Wildman–Crippen LogP) is 7.42. The van der Waals surface area contributed by atoms with Crippen molar-refractivity contribution in [2.45, 2.75) is 19.9 Å². The summed E-state index contributed by atoms with van der Waals surface area (Å²) in [5.41, 5.74) is 5.42. The largest absolute Gasteiger partial charge is 0.492 e. The highest BCUT2D eigenvalue weighted by Gasteiger charge is 2.41. The van der Waals surface area contributed by atoms with Gasteiger partial charge in [0, 0.05) is 16.8 Å². The average Bonchev–Trinajstić information content (AvgIpc) is 3.33. The zero-order valence-electron chi connectivity index (χ0n) is 22.5. The molecule has 0 fully saturated rings. The zero-order chi connectivity index (χ0) is 27.9. The third-order valence-corrected chi connectivity index (χ3v) is 7.34. The van der Waals surface area contributed by atoms with Gasteiger partial charge in [-0.25, -0.2) is 15.0 Å². The number of ether oxygens (including phenoxy) is 1. The Kier molecular flexibility index (Phi) is 6.24. The lowest BCUT2D eigenvalue weighted by atomic mass is 9.93. The van der Waals surface area contributed by atoms with Crippen molar-refractivity contribution in [3.63, 3.8) is 0 Å². The number of aromatic nitrogens is 3. The third-order valence-electron chi connectivity index (χ3n) is 7.11. The molecule has 5 aromatic rings. The fraction of sp³-hybridized carbons (Fsp3) is 0.125. The first kappa shape index (κ1) is 25.0. The van der Waals surface area contributed by atoms with Crippen LogP contribution in [0.4, 0.5) is 22.9 Å². The molecule has 0 bridgehead atoms. The van der Waals surface area contributed by atoms with Crippen LogP contribution in [0.15, 0.2) is 107 Å². The molecule has 2 aromatic heterocycles. The Morgan fingerprint density at radius 1 is 0.927 bits per heavy atom. The number of amidine groups is 2. The molecule has 0 amide bonds. The first-order valence-electron chi connectivity index (χ1n) is 13.4. The van der Waals surface area contributed by atoms with Crippen molar-refractivity contribution in [1.82, 2.24) is 14.8 Å². The Balaban J connectivity index is 1.49. The monoisotopic (exact) mass is 559 g/mol. The molecular formula is C32H26ClN7O. The molecule has 7 rings (SSSR count). The van der Waals surface area contributed by atoms with E-state index in [9.17, 15) is 0 Å². The molecule has 41 heavy (non-hydrogen) atoms. The molecule has 4 heterocycles. The highest BCUT2D eigenvalue weighted by molar-refractivity contribution is 6.51. The lowest BCUT2D eigenvalue weighted by molar-refractivity contribution is 0.342. The van der Waals surface area contributed by atoms with Crippen molar-refractivity contribution in [2.24, 2.45) is 9.98 Å². The van der Waals surface area contributed by atoms with Gasteiger partial charge in [-0.3, -0.25) is 0 Å². The summed E-state index contributed by atoms with van der Waals surface area (Å²) in [4.78, 5) is 17.1. The summed E-state index contributed by atoms with van der Waals surface area (Å²) in [6.45, 7) is 4.53. The van der Waals surface area contributed by atoms with Crippen LogP contribution in [0.25, 0.3) is 5.82 Å². The minimum absolute atomic E-state index is 0.274. The molecule has 8 nitrogen and oxygen atoms in total. The SMILES string of the molecule is CCOc1ccccc1NC1=Nc2ccccc2N2C1=Nc1c(c(C)nn1-c1ccccn1)C2c1cccc(Cl)c1. The van der Waals surface area contributed by atoms with Crippen molar-refractivity contribution < 1.29 is 4.74 Å². The molecular weight excluding hydrogens is 534 g/mol.